The van der Waals surface area contributed by atoms with E-state index in [-0.39, 0.29) is 0 Å². The third-order valence-corrected chi connectivity index (χ3v) is 4.08. The van der Waals surface area contributed by atoms with Crippen molar-refractivity contribution in [2.45, 2.75) is 25.1 Å². The van der Waals surface area contributed by atoms with Gasteiger partial charge in [-0.2, -0.15) is 13.2 Å². The number of halogens is 3. The molecule has 4 heterocycles. The van der Waals surface area contributed by atoms with Crippen LogP contribution in [0.3, 0.4) is 0 Å². The molecule has 4 rings (SSSR count). The number of hydrogen-bond acceptors (Lipinski definition) is 3. The molecule has 3 fully saturated rings. The first-order valence-corrected chi connectivity index (χ1v) is 6.54. The van der Waals surface area contributed by atoms with Crippen LogP contribution in [0.15, 0.2) is 18.3 Å². The number of hydrogen-bond donors (Lipinski definition) is 1. The minimum Gasteiger partial charge on any atom is -0.366 e. The summed E-state index contributed by atoms with van der Waals surface area (Å²) in [5, 5.41) is 3.27. The van der Waals surface area contributed by atoms with Crippen molar-refractivity contribution in [3.8, 4) is 0 Å². The fourth-order valence-corrected chi connectivity index (χ4v) is 2.97. The van der Waals surface area contributed by atoms with Gasteiger partial charge in [0.1, 0.15) is 5.82 Å². The van der Waals surface area contributed by atoms with Gasteiger partial charge in [0.2, 0.25) is 0 Å². The van der Waals surface area contributed by atoms with Crippen molar-refractivity contribution < 1.29 is 13.2 Å². The second-order valence-corrected chi connectivity index (χ2v) is 5.32. The molecule has 1 N–H and O–H groups in total. The van der Waals surface area contributed by atoms with Crippen molar-refractivity contribution in [3.05, 3.63) is 23.9 Å². The second kappa shape index (κ2) is 4.67. The Hall–Kier alpha value is -1.30. The van der Waals surface area contributed by atoms with Gasteiger partial charge in [0, 0.05) is 18.8 Å². The molecule has 1 aromatic heterocycles. The van der Waals surface area contributed by atoms with Gasteiger partial charge in [-0.1, -0.05) is 0 Å². The summed E-state index contributed by atoms with van der Waals surface area (Å²) < 4.78 is 37.3. The molecule has 2 bridgehead atoms. The highest BCUT2D eigenvalue weighted by molar-refractivity contribution is 5.38. The molecule has 104 valence electrons. The topological polar surface area (TPSA) is 28.2 Å². The van der Waals surface area contributed by atoms with E-state index in [1.54, 1.807) is 0 Å². The highest BCUT2D eigenvalue weighted by atomic mass is 19.4. The van der Waals surface area contributed by atoms with Crippen molar-refractivity contribution in [1.29, 1.82) is 0 Å². The van der Waals surface area contributed by atoms with Crippen LogP contribution >= 0.6 is 0 Å². The molecular formula is C13H16F3N3. The maximum Gasteiger partial charge on any atom is 0.417 e. The number of alkyl halides is 3. The molecule has 0 aliphatic carbocycles. The zero-order valence-corrected chi connectivity index (χ0v) is 10.5. The average Bonchev–Trinajstić information content (AvgIpc) is 2.40. The van der Waals surface area contributed by atoms with Crippen LogP contribution in [0, 0.1) is 5.92 Å². The van der Waals surface area contributed by atoms with E-state index in [1.807, 2.05) is 0 Å². The van der Waals surface area contributed by atoms with Crippen molar-refractivity contribution in [2.24, 2.45) is 5.92 Å². The first kappa shape index (κ1) is 12.7. The van der Waals surface area contributed by atoms with Crippen molar-refractivity contribution in [1.82, 2.24) is 9.88 Å². The Morgan fingerprint density at radius 3 is 2.42 bits per heavy atom. The lowest BCUT2D eigenvalue weighted by molar-refractivity contribution is -0.137. The molecule has 0 amide bonds. The zero-order valence-electron chi connectivity index (χ0n) is 10.5. The summed E-state index contributed by atoms with van der Waals surface area (Å²) in [5.74, 6) is 1.15. The standard InChI is InChI=1S/C13H16F3N3/c14-13(15,16)10-1-2-12(17-7-10)18-11-8-19-5-3-9(11)4-6-19/h1-2,7,9,11H,3-6,8H2,(H,17,18). The number of aromatic nitrogens is 1. The van der Waals surface area contributed by atoms with Gasteiger partial charge in [0.25, 0.3) is 0 Å². The van der Waals surface area contributed by atoms with E-state index in [0.717, 1.165) is 44.7 Å². The van der Waals surface area contributed by atoms with Gasteiger partial charge in [-0.15, -0.1) is 0 Å². The van der Waals surface area contributed by atoms with Gasteiger partial charge in [-0.25, -0.2) is 4.98 Å². The van der Waals surface area contributed by atoms with Gasteiger partial charge in [0.05, 0.1) is 5.56 Å². The predicted molar refractivity (Wildman–Crippen MR) is 65.8 cm³/mol. The van der Waals surface area contributed by atoms with Crippen molar-refractivity contribution in [3.63, 3.8) is 0 Å². The molecule has 3 aliphatic rings. The molecular weight excluding hydrogens is 255 g/mol. The third kappa shape index (κ3) is 2.68. The Labute approximate surface area is 109 Å². The summed E-state index contributed by atoms with van der Waals surface area (Å²) in [5.41, 5.74) is -0.702. The molecule has 0 radical (unpaired) electrons. The average molecular weight is 271 g/mol. The predicted octanol–water partition coefficient (Wildman–Crippen LogP) is 2.61. The number of nitrogens with one attached hydrogen (secondary N) is 1. The van der Waals surface area contributed by atoms with E-state index in [9.17, 15) is 13.2 Å². The van der Waals surface area contributed by atoms with Crippen LogP contribution in [0.25, 0.3) is 0 Å². The van der Waals surface area contributed by atoms with Crippen LogP contribution in [0.2, 0.25) is 0 Å². The molecule has 0 saturated carbocycles. The van der Waals surface area contributed by atoms with Crippen LogP contribution in [-0.4, -0.2) is 35.6 Å². The molecule has 1 aromatic rings. The molecule has 6 heteroatoms. The summed E-state index contributed by atoms with van der Waals surface area (Å²) in [6.45, 7) is 3.25. The Morgan fingerprint density at radius 1 is 1.21 bits per heavy atom. The maximum atomic E-state index is 12.4. The lowest BCUT2D eigenvalue weighted by Crippen LogP contribution is -2.53. The normalized spacial score (nSPS) is 30.4. The number of anilines is 1. The highest BCUT2D eigenvalue weighted by Gasteiger charge is 2.34. The van der Waals surface area contributed by atoms with Crippen LogP contribution in [-0.2, 0) is 6.18 Å². The first-order chi connectivity index (χ1) is 9.02. The fourth-order valence-electron chi connectivity index (χ4n) is 2.97. The van der Waals surface area contributed by atoms with Crippen molar-refractivity contribution in [2.75, 3.05) is 25.0 Å². The van der Waals surface area contributed by atoms with E-state index >= 15 is 0 Å². The van der Waals surface area contributed by atoms with Crippen LogP contribution < -0.4 is 5.32 Å². The summed E-state index contributed by atoms with van der Waals surface area (Å²) in [6, 6.07) is 2.81. The van der Waals surface area contributed by atoms with Crippen LogP contribution in [0.5, 0.6) is 0 Å². The smallest absolute Gasteiger partial charge is 0.366 e. The summed E-state index contributed by atoms with van der Waals surface area (Å²) in [6.07, 6.45) is -1.10. The molecule has 1 unspecified atom stereocenters. The quantitative estimate of drug-likeness (QED) is 0.896. The molecule has 19 heavy (non-hydrogen) atoms. The Kier molecular flexibility index (Phi) is 3.12. The third-order valence-electron chi connectivity index (χ3n) is 4.08. The number of nitrogens with zero attached hydrogens (tertiary/aromatic N) is 2. The number of fused-ring (bicyclic) bond motifs is 3. The van der Waals surface area contributed by atoms with Crippen LogP contribution in [0.4, 0.5) is 19.0 Å². The minimum atomic E-state index is -4.32. The van der Waals surface area contributed by atoms with E-state index in [1.165, 1.54) is 6.07 Å². The molecule has 3 nitrogen and oxygen atoms in total. The van der Waals surface area contributed by atoms with Crippen molar-refractivity contribution >= 4 is 5.82 Å². The van der Waals surface area contributed by atoms with Gasteiger partial charge in [0.15, 0.2) is 0 Å². The Bertz CT molecular complexity index is 435. The summed E-state index contributed by atoms with van der Waals surface area (Å²) in [7, 11) is 0. The summed E-state index contributed by atoms with van der Waals surface area (Å²) in [4.78, 5) is 6.26. The number of pyridine rings is 1. The van der Waals surface area contributed by atoms with Gasteiger partial charge < -0.3 is 10.2 Å². The Morgan fingerprint density at radius 2 is 1.95 bits per heavy atom. The van der Waals surface area contributed by atoms with E-state index in [2.05, 4.69) is 15.2 Å². The van der Waals surface area contributed by atoms with E-state index in [0.29, 0.717) is 17.8 Å². The summed E-state index contributed by atoms with van der Waals surface area (Å²) >= 11 is 0. The zero-order chi connectivity index (χ0) is 13.5. The monoisotopic (exact) mass is 271 g/mol. The number of piperidine rings is 3. The van der Waals surface area contributed by atoms with E-state index < -0.39 is 11.7 Å². The molecule has 0 spiro atoms. The molecule has 3 aliphatic heterocycles. The maximum absolute atomic E-state index is 12.4. The SMILES string of the molecule is FC(F)(F)c1ccc(NC2CN3CCC2CC3)nc1. The van der Waals surface area contributed by atoms with Gasteiger partial charge in [-0.05, 0) is 44.0 Å². The Balaban J connectivity index is 1.67. The molecule has 3 saturated heterocycles. The number of rotatable bonds is 2. The minimum absolute atomic E-state index is 0.312. The second-order valence-electron chi connectivity index (χ2n) is 5.32. The highest BCUT2D eigenvalue weighted by Crippen LogP contribution is 2.31. The lowest BCUT2D eigenvalue weighted by atomic mass is 9.84. The largest absolute Gasteiger partial charge is 0.417 e. The van der Waals surface area contributed by atoms with Gasteiger partial charge >= 0.3 is 6.18 Å². The molecule has 1 atom stereocenters. The van der Waals surface area contributed by atoms with Crippen LogP contribution in [0.1, 0.15) is 18.4 Å². The van der Waals surface area contributed by atoms with Gasteiger partial charge in [-0.3, -0.25) is 0 Å². The molecule has 0 aromatic carbocycles. The fraction of sp³-hybridized carbons (Fsp3) is 0.615. The first-order valence-electron chi connectivity index (χ1n) is 6.54. The van der Waals surface area contributed by atoms with E-state index in [4.69, 9.17) is 0 Å². The lowest BCUT2D eigenvalue weighted by Gasteiger charge is -2.45.